The van der Waals surface area contributed by atoms with Crippen molar-refractivity contribution >= 4 is 18.0 Å². The number of amides is 2. The molecule has 0 saturated carbocycles. The van der Waals surface area contributed by atoms with Crippen LogP contribution in [0.3, 0.4) is 0 Å². The number of hydrogen-bond acceptors (Lipinski definition) is 6. The molecule has 248 valence electrons. The van der Waals surface area contributed by atoms with Crippen molar-refractivity contribution in [2.45, 2.75) is 70.0 Å². The summed E-state index contributed by atoms with van der Waals surface area (Å²) in [6.07, 6.45) is -16.9. The normalized spacial score (nSPS) is 20.0. The second-order valence-corrected chi connectivity index (χ2v) is 10.7. The van der Waals surface area contributed by atoms with E-state index in [0.29, 0.717) is 44.3 Å². The molecule has 2 atom stereocenters. The first kappa shape index (κ1) is 34.0. The maximum atomic E-state index is 13.7. The molecule has 2 aliphatic heterocycles. The number of piperidine rings is 1. The molecule has 0 spiro atoms. The number of halogens is 9. The number of likely N-dealkylation sites (tertiary alicyclic amines) is 1. The summed E-state index contributed by atoms with van der Waals surface area (Å²) in [4.78, 5) is 33.1. The summed E-state index contributed by atoms with van der Waals surface area (Å²) in [5, 5.41) is 0. The van der Waals surface area contributed by atoms with Crippen molar-refractivity contribution in [2.24, 2.45) is 0 Å². The number of rotatable bonds is 6. The van der Waals surface area contributed by atoms with Gasteiger partial charge in [-0.2, -0.15) is 39.5 Å². The van der Waals surface area contributed by atoms with Gasteiger partial charge < -0.3 is 19.3 Å². The van der Waals surface area contributed by atoms with Gasteiger partial charge in [0.2, 0.25) is 0 Å². The van der Waals surface area contributed by atoms with Crippen LogP contribution in [0.15, 0.2) is 30.5 Å². The lowest BCUT2D eigenvalue weighted by Crippen LogP contribution is -2.47. The van der Waals surface area contributed by atoms with Crippen molar-refractivity contribution in [1.29, 1.82) is 0 Å². The zero-order valence-electron chi connectivity index (χ0n) is 24.2. The van der Waals surface area contributed by atoms with Gasteiger partial charge in [0, 0.05) is 37.4 Å². The second-order valence-electron chi connectivity index (χ2n) is 10.7. The van der Waals surface area contributed by atoms with Crippen molar-refractivity contribution in [3.63, 3.8) is 0 Å². The van der Waals surface area contributed by atoms with Gasteiger partial charge in [-0.15, -0.1) is 0 Å². The molecule has 3 heterocycles. The quantitative estimate of drug-likeness (QED) is 0.305. The molecule has 45 heavy (non-hydrogen) atoms. The highest BCUT2D eigenvalue weighted by Gasteiger charge is 2.44. The Balaban J connectivity index is 1.68. The molecule has 2 fully saturated rings. The van der Waals surface area contributed by atoms with Crippen LogP contribution < -0.4 is 4.90 Å². The summed E-state index contributed by atoms with van der Waals surface area (Å²) in [6.45, 7) is 3.40. The molecule has 0 bridgehead atoms. The molecule has 4 rings (SSSR count). The van der Waals surface area contributed by atoms with E-state index in [1.807, 2.05) is 0 Å². The third-order valence-electron chi connectivity index (χ3n) is 7.89. The summed E-state index contributed by atoms with van der Waals surface area (Å²) < 4.78 is 132. The fourth-order valence-electron chi connectivity index (χ4n) is 5.59. The maximum absolute atomic E-state index is 13.7. The second kappa shape index (κ2) is 12.5. The van der Waals surface area contributed by atoms with Gasteiger partial charge in [0.05, 0.1) is 36.4 Å². The maximum Gasteiger partial charge on any atom is 0.417 e. The number of cyclic esters (lactones) is 1. The Bertz CT molecular complexity index is 1370. The molecule has 0 N–H and O–H groups in total. The number of aromatic nitrogens is 1. The molecule has 2 amide bonds. The molecule has 2 aliphatic rings. The number of benzene rings is 1. The lowest BCUT2D eigenvalue weighted by atomic mass is 9.97. The average Bonchev–Trinajstić information content (AvgIpc) is 3.25. The fraction of sp³-hybridized carbons (Fsp3) is 0.536. The molecule has 0 radical (unpaired) electrons. The van der Waals surface area contributed by atoms with Gasteiger partial charge in [-0.25, -0.2) is 14.6 Å². The van der Waals surface area contributed by atoms with E-state index in [1.165, 1.54) is 18.9 Å². The molecule has 1 aromatic heterocycles. The number of methoxy groups -OCH3 is 1. The number of nitrogens with zero attached hydrogens (tertiary/aromatic N) is 4. The first-order chi connectivity index (χ1) is 20.8. The molecule has 0 aliphatic carbocycles. The van der Waals surface area contributed by atoms with Gasteiger partial charge >= 0.3 is 30.7 Å². The zero-order valence-corrected chi connectivity index (χ0v) is 24.2. The van der Waals surface area contributed by atoms with Crippen LogP contribution in [0.2, 0.25) is 0 Å². The van der Waals surface area contributed by atoms with Gasteiger partial charge in [-0.05, 0) is 56.5 Å². The molecular formula is C28H29F9N4O4. The summed E-state index contributed by atoms with van der Waals surface area (Å²) in [7, 11) is 1.24. The molecule has 1 aromatic carbocycles. The molecule has 2 aromatic rings. The Hall–Kier alpha value is -3.92. The first-order valence-electron chi connectivity index (χ1n) is 13.8. The highest BCUT2D eigenvalue weighted by Crippen LogP contribution is 2.42. The Morgan fingerprint density at radius 3 is 2.00 bits per heavy atom. The number of anilines is 1. The van der Waals surface area contributed by atoms with Gasteiger partial charge in [-0.1, -0.05) is 0 Å². The lowest BCUT2D eigenvalue weighted by molar-refractivity contribution is -0.143. The van der Waals surface area contributed by atoms with E-state index in [2.05, 4.69) is 4.98 Å². The van der Waals surface area contributed by atoms with Crippen LogP contribution >= 0.6 is 0 Å². The fourth-order valence-corrected chi connectivity index (χ4v) is 5.59. The minimum absolute atomic E-state index is 0.0573. The van der Waals surface area contributed by atoms with E-state index in [1.54, 1.807) is 11.8 Å². The Kier molecular flexibility index (Phi) is 9.41. The predicted molar refractivity (Wildman–Crippen MR) is 140 cm³/mol. The summed E-state index contributed by atoms with van der Waals surface area (Å²) >= 11 is 0. The van der Waals surface area contributed by atoms with Crippen LogP contribution in [0.4, 0.5) is 54.9 Å². The van der Waals surface area contributed by atoms with E-state index in [9.17, 15) is 49.1 Å². The summed E-state index contributed by atoms with van der Waals surface area (Å²) in [6, 6.07) is 0.198. The Morgan fingerprint density at radius 2 is 1.51 bits per heavy atom. The highest BCUT2D eigenvalue weighted by molar-refractivity contribution is 5.71. The van der Waals surface area contributed by atoms with Crippen molar-refractivity contribution in [3.05, 3.63) is 58.3 Å². The predicted octanol–water partition coefficient (Wildman–Crippen LogP) is 7.28. The monoisotopic (exact) mass is 656 g/mol. The molecule has 2 saturated heterocycles. The van der Waals surface area contributed by atoms with Crippen LogP contribution in [0, 0.1) is 0 Å². The third kappa shape index (κ3) is 7.32. The SMILES string of the molecule is CCN(c1ncc(C(F)(F)F)cc1CN1C(=O)O[C@H](c2cc(C(F)(F)F)cc(C(F)(F)F)c2)[C@@H]1C)C1CCN(C(=O)OC)CC1. The van der Waals surface area contributed by atoms with Crippen molar-refractivity contribution in [2.75, 3.05) is 31.6 Å². The van der Waals surface area contributed by atoms with Crippen molar-refractivity contribution < 1.29 is 58.6 Å². The van der Waals surface area contributed by atoms with Crippen molar-refractivity contribution in [1.82, 2.24) is 14.8 Å². The van der Waals surface area contributed by atoms with E-state index in [0.717, 1.165) is 11.0 Å². The van der Waals surface area contributed by atoms with Gasteiger partial charge in [0.1, 0.15) is 11.9 Å². The molecular weight excluding hydrogens is 627 g/mol. The largest absolute Gasteiger partial charge is 0.453 e. The van der Waals surface area contributed by atoms with Gasteiger partial charge in [0.15, 0.2) is 0 Å². The van der Waals surface area contributed by atoms with Crippen LogP contribution in [0.5, 0.6) is 0 Å². The number of alkyl halides is 9. The van der Waals surface area contributed by atoms with E-state index in [-0.39, 0.29) is 30.0 Å². The van der Waals surface area contributed by atoms with Gasteiger partial charge in [-0.3, -0.25) is 4.90 Å². The molecule has 8 nitrogen and oxygen atoms in total. The van der Waals surface area contributed by atoms with E-state index in [4.69, 9.17) is 9.47 Å². The number of hydrogen-bond donors (Lipinski definition) is 0. The first-order valence-corrected chi connectivity index (χ1v) is 13.8. The third-order valence-corrected chi connectivity index (χ3v) is 7.89. The van der Waals surface area contributed by atoms with Crippen LogP contribution in [0.25, 0.3) is 0 Å². The molecule has 17 heteroatoms. The number of ether oxygens (including phenoxy) is 2. The summed E-state index contributed by atoms with van der Waals surface area (Å²) in [5.41, 5.74) is -4.96. The number of carbonyl (C=O) groups excluding carboxylic acids is 2. The molecule has 0 unspecified atom stereocenters. The van der Waals surface area contributed by atoms with E-state index < -0.39 is 71.7 Å². The van der Waals surface area contributed by atoms with Crippen LogP contribution in [0.1, 0.15) is 60.6 Å². The smallest absolute Gasteiger partial charge is 0.417 e. The Labute approximate surface area is 251 Å². The zero-order chi connectivity index (χ0) is 33.5. The highest BCUT2D eigenvalue weighted by atomic mass is 19.4. The standard InChI is InChI=1S/C28H29F9N4O4/c1-4-40(21-5-7-39(8-6-21)24(42)44-3)23-17(11-20(13-38-23)28(35,36)37)14-41-15(2)22(45-25(41)43)16-9-18(26(29,30)31)12-19(10-16)27(32,33)34/h9-13,15,21-22H,4-8,14H2,1-3H3/t15-,22-/m0/s1. The minimum Gasteiger partial charge on any atom is -0.453 e. The minimum atomic E-state index is -5.14. The Morgan fingerprint density at radius 1 is 0.956 bits per heavy atom. The average molecular weight is 657 g/mol. The van der Waals surface area contributed by atoms with Crippen molar-refractivity contribution in [3.8, 4) is 0 Å². The van der Waals surface area contributed by atoms with Gasteiger partial charge in [0.25, 0.3) is 0 Å². The number of pyridine rings is 1. The summed E-state index contributed by atoms with van der Waals surface area (Å²) in [5.74, 6) is 0.101. The lowest BCUT2D eigenvalue weighted by Gasteiger charge is -2.39. The topological polar surface area (TPSA) is 75.2 Å². The van der Waals surface area contributed by atoms with Crippen LogP contribution in [-0.2, 0) is 34.5 Å². The number of carbonyl (C=O) groups is 2. The van der Waals surface area contributed by atoms with E-state index >= 15 is 0 Å². The van der Waals surface area contributed by atoms with Crippen LogP contribution in [-0.4, -0.2) is 65.8 Å².